The second-order valence-electron chi connectivity index (χ2n) is 2.53. The van der Waals surface area contributed by atoms with Crippen LogP contribution in [-0.4, -0.2) is 64.2 Å². The quantitative estimate of drug-likeness (QED) is 0.352. The lowest BCUT2D eigenvalue weighted by Crippen LogP contribution is -2.49. The zero-order valence-electron chi connectivity index (χ0n) is 8.11. The zero-order valence-corrected chi connectivity index (χ0v) is 7.11. The molecule has 0 aliphatic rings. The summed E-state index contributed by atoms with van der Waals surface area (Å²) >= 11 is 0. The SMILES string of the molecule is [2H]CO[C@@H]([C@H](O)[C@H](O)C(=O)O)[C@@H](O)C=O. The van der Waals surface area contributed by atoms with Crippen molar-refractivity contribution >= 4 is 12.3 Å². The molecule has 0 aromatic heterocycles. The molecule has 0 saturated heterocycles. The molecular formula is C7H12O7. The van der Waals surface area contributed by atoms with Crippen molar-refractivity contribution in [1.29, 1.82) is 0 Å². The van der Waals surface area contributed by atoms with E-state index in [1.54, 1.807) is 0 Å². The number of carbonyl (C=O) groups excluding carboxylic acids is 1. The van der Waals surface area contributed by atoms with Crippen LogP contribution in [0.3, 0.4) is 0 Å². The van der Waals surface area contributed by atoms with Crippen molar-refractivity contribution in [2.24, 2.45) is 0 Å². The molecule has 0 radical (unpaired) electrons. The van der Waals surface area contributed by atoms with Crippen molar-refractivity contribution in [3.8, 4) is 0 Å². The Labute approximate surface area is 80.9 Å². The highest BCUT2D eigenvalue weighted by Crippen LogP contribution is 2.07. The predicted octanol–water partition coefficient (Wildman–Crippen LogP) is -2.63. The number of carbonyl (C=O) groups is 2. The van der Waals surface area contributed by atoms with Crippen molar-refractivity contribution in [3.63, 3.8) is 0 Å². The Balaban J connectivity index is 4.60. The summed E-state index contributed by atoms with van der Waals surface area (Å²) < 4.78 is 11.1. The Bertz CT molecular complexity index is 221. The van der Waals surface area contributed by atoms with Crippen molar-refractivity contribution in [3.05, 3.63) is 0 Å². The molecule has 7 heteroatoms. The maximum Gasteiger partial charge on any atom is 0.335 e. The van der Waals surface area contributed by atoms with Gasteiger partial charge in [0, 0.05) is 7.09 Å². The number of aliphatic hydroxyl groups excluding tert-OH is 3. The average molecular weight is 209 g/mol. The van der Waals surface area contributed by atoms with Crippen LogP contribution >= 0.6 is 0 Å². The van der Waals surface area contributed by atoms with Gasteiger partial charge in [-0.2, -0.15) is 0 Å². The molecule has 0 bridgehead atoms. The fourth-order valence-electron chi connectivity index (χ4n) is 0.802. The molecule has 0 amide bonds. The van der Waals surface area contributed by atoms with Gasteiger partial charge in [-0.3, -0.25) is 0 Å². The van der Waals surface area contributed by atoms with Gasteiger partial charge in [-0.25, -0.2) is 4.79 Å². The van der Waals surface area contributed by atoms with Crippen LogP contribution in [0.1, 0.15) is 1.37 Å². The maximum atomic E-state index is 10.3. The number of hydrogen-bond acceptors (Lipinski definition) is 6. The molecule has 0 aromatic carbocycles. The molecule has 0 heterocycles. The van der Waals surface area contributed by atoms with Crippen LogP contribution in [0.2, 0.25) is 0 Å². The van der Waals surface area contributed by atoms with E-state index in [0.717, 1.165) is 0 Å². The summed E-state index contributed by atoms with van der Waals surface area (Å²) in [7, 11) is -0.695. The van der Waals surface area contributed by atoms with Gasteiger partial charge in [-0.1, -0.05) is 0 Å². The lowest BCUT2D eigenvalue weighted by atomic mass is 10.0. The van der Waals surface area contributed by atoms with Crippen molar-refractivity contribution in [2.45, 2.75) is 24.4 Å². The third kappa shape index (κ3) is 3.04. The van der Waals surface area contributed by atoms with E-state index in [2.05, 4.69) is 4.74 Å². The molecule has 0 spiro atoms. The molecule has 7 nitrogen and oxygen atoms in total. The number of aldehydes is 1. The molecule has 4 N–H and O–H groups in total. The number of aliphatic hydroxyl groups is 3. The summed E-state index contributed by atoms with van der Waals surface area (Å²) in [5, 5.41) is 35.5. The summed E-state index contributed by atoms with van der Waals surface area (Å²) in [6, 6.07) is 0. The smallest absolute Gasteiger partial charge is 0.335 e. The third-order valence-electron chi connectivity index (χ3n) is 1.58. The molecular weight excluding hydrogens is 196 g/mol. The Morgan fingerprint density at radius 3 is 2.43 bits per heavy atom. The lowest BCUT2D eigenvalue weighted by molar-refractivity contribution is -0.166. The predicted molar refractivity (Wildman–Crippen MR) is 42.5 cm³/mol. The molecule has 0 saturated carbocycles. The van der Waals surface area contributed by atoms with Gasteiger partial charge in [-0.05, 0) is 0 Å². The number of aliphatic carboxylic acids is 1. The fourth-order valence-corrected chi connectivity index (χ4v) is 0.802. The van der Waals surface area contributed by atoms with E-state index >= 15 is 0 Å². The average Bonchev–Trinajstić information content (AvgIpc) is 2.22. The van der Waals surface area contributed by atoms with Crippen LogP contribution in [0, 0.1) is 0 Å². The van der Waals surface area contributed by atoms with Crippen LogP contribution < -0.4 is 0 Å². The number of methoxy groups -OCH3 is 1. The summed E-state index contributed by atoms with van der Waals surface area (Å²) in [6.45, 7) is 0. The van der Waals surface area contributed by atoms with Gasteiger partial charge >= 0.3 is 5.97 Å². The second-order valence-corrected chi connectivity index (χ2v) is 2.53. The molecule has 0 aromatic rings. The fraction of sp³-hybridized carbons (Fsp3) is 0.714. The minimum absolute atomic E-state index is 0.0120. The Morgan fingerprint density at radius 2 is 2.07 bits per heavy atom. The standard InChI is InChI=1S/C7H12O7/c1-14-6(3(9)2-8)4(10)5(11)7(12)13/h2-6,9-11H,1H3,(H,12,13)/t3-,4+,5-,6+/m0/s1/i1D. The van der Waals surface area contributed by atoms with Crippen LogP contribution in [0.15, 0.2) is 0 Å². The summed E-state index contributed by atoms with van der Waals surface area (Å²) in [6.07, 6.45) is -7.63. The highest BCUT2D eigenvalue weighted by Gasteiger charge is 2.35. The second kappa shape index (κ2) is 5.66. The molecule has 0 fully saturated rings. The molecule has 0 aliphatic heterocycles. The van der Waals surface area contributed by atoms with E-state index in [9.17, 15) is 14.7 Å². The number of hydrogen-bond donors (Lipinski definition) is 4. The number of carboxylic acids is 1. The van der Waals surface area contributed by atoms with E-state index in [4.69, 9.17) is 16.7 Å². The van der Waals surface area contributed by atoms with E-state index in [0.29, 0.717) is 0 Å². The number of carboxylic acid groups (broad SMARTS) is 1. The largest absolute Gasteiger partial charge is 0.479 e. The first kappa shape index (κ1) is 11.1. The minimum atomic E-state index is -2.20. The summed E-state index contributed by atoms with van der Waals surface area (Å²) in [5.41, 5.74) is 0. The van der Waals surface area contributed by atoms with Crippen molar-refractivity contribution in [2.75, 3.05) is 7.09 Å². The Hall–Kier alpha value is -1.02. The summed E-state index contributed by atoms with van der Waals surface area (Å²) in [4.78, 5) is 20.5. The highest BCUT2D eigenvalue weighted by atomic mass is 16.5. The summed E-state index contributed by atoms with van der Waals surface area (Å²) in [5.74, 6) is -1.72. The molecule has 0 unspecified atom stereocenters. The van der Waals surface area contributed by atoms with Crippen molar-refractivity contribution < 1.29 is 36.1 Å². The first-order valence-electron chi connectivity index (χ1n) is 4.29. The first-order valence-corrected chi connectivity index (χ1v) is 3.58. The van der Waals surface area contributed by atoms with Crippen LogP contribution in [0.5, 0.6) is 0 Å². The normalized spacial score (nSPS) is 20.4. The van der Waals surface area contributed by atoms with Gasteiger partial charge < -0.3 is 30.0 Å². The van der Waals surface area contributed by atoms with Gasteiger partial charge in [0.15, 0.2) is 12.4 Å². The zero-order chi connectivity index (χ0) is 12.0. The topological polar surface area (TPSA) is 124 Å². The number of ether oxygens (including phenoxy) is 1. The third-order valence-corrected chi connectivity index (χ3v) is 1.58. The minimum Gasteiger partial charge on any atom is -0.479 e. The maximum absolute atomic E-state index is 10.3. The monoisotopic (exact) mass is 209 g/mol. The Morgan fingerprint density at radius 1 is 1.50 bits per heavy atom. The number of rotatable bonds is 6. The molecule has 4 atom stereocenters. The van der Waals surface area contributed by atoms with Gasteiger partial charge in [0.05, 0.1) is 1.37 Å². The van der Waals surface area contributed by atoms with Crippen LogP contribution in [0.25, 0.3) is 0 Å². The van der Waals surface area contributed by atoms with Crippen LogP contribution in [-0.2, 0) is 14.3 Å². The molecule has 0 aliphatic carbocycles. The van der Waals surface area contributed by atoms with Crippen LogP contribution in [0.4, 0.5) is 0 Å². The first-order chi connectivity index (χ1) is 6.95. The van der Waals surface area contributed by atoms with Gasteiger partial charge in [0.1, 0.15) is 18.3 Å². The Kier molecular flexibility index (Phi) is 4.47. The van der Waals surface area contributed by atoms with E-state index in [-0.39, 0.29) is 6.29 Å². The molecule has 0 rings (SSSR count). The van der Waals surface area contributed by atoms with E-state index in [1.165, 1.54) is 0 Å². The highest BCUT2D eigenvalue weighted by molar-refractivity contribution is 5.73. The van der Waals surface area contributed by atoms with Gasteiger partial charge in [0.2, 0.25) is 0 Å². The molecule has 82 valence electrons. The van der Waals surface area contributed by atoms with E-state index < -0.39 is 37.5 Å². The van der Waals surface area contributed by atoms with E-state index in [1.807, 2.05) is 0 Å². The van der Waals surface area contributed by atoms with Gasteiger partial charge in [0.25, 0.3) is 0 Å². The molecule has 14 heavy (non-hydrogen) atoms. The lowest BCUT2D eigenvalue weighted by Gasteiger charge is -2.24. The van der Waals surface area contributed by atoms with Crippen molar-refractivity contribution in [1.82, 2.24) is 0 Å². The van der Waals surface area contributed by atoms with Gasteiger partial charge in [-0.15, -0.1) is 0 Å².